The van der Waals surface area contributed by atoms with E-state index in [0.717, 1.165) is 35.2 Å². The SMILES string of the molecule is CCc1cccc(CC)c1NC(=S)Nc1ccc2c(C)cc(=O)oc2c1. The first-order chi connectivity index (χ1) is 12.5. The van der Waals surface area contributed by atoms with E-state index in [2.05, 4.69) is 42.7 Å². The van der Waals surface area contributed by atoms with Gasteiger partial charge in [-0.25, -0.2) is 4.79 Å². The molecule has 1 aromatic heterocycles. The average molecular weight is 366 g/mol. The van der Waals surface area contributed by atoms with Gasteiger partial charge >= 0.3 is 5.63 Å². The Morgan fingerprint density at radius 1 is 1.04 bits per heavy atom. The minimum absolute atomic E-state index is 0.350. The molecule has 0 saturated heterocycles. The highest BCUT2D eigenvalue weighted by molar-refractivity contribution is 7.80. The first-order valence-corrected chi connectivity index (χ1v) is 9.16. The van der Waals surface area contributed by atoms with Crippen LogP contribution < -0.4 is 16.3 Å². The Balaban J connectivity index is 1.85. The van der Waals surface area contributed by atoms with Gasteiger partial charge in [0.15, 0.2) is 5.11 Å². The standard InChI is InChI=1S/C21H22N2O2S/c1-4-14-7-6-8-15(5-2)20(14)23-21(26)22-16-9-10-17-13(3)11-19(24)25-18(17)12-16/h6-12H,4-5H2,1-3H3,(H2,22,23,26). The molecule has 1 heterocycles. The molecule has 0 amide bonds. The molecule has 3 aromatic rings. The first kappa shape index (κ1) is 18.1. The zero-order valence-electron chi connectivity index (χ0n) is 15.2. The third kappa shape index (κ3) is 3.78. The summed E-state index contributed by atoms with van der Waals surface area (Å²) in [5, 5.41) is 7.94. The quantitative estimate of drug-likeness (QED) is 0.501. The second-order valence-corrected chi connectivity index (χ2v) is 6.61. The van der Waals surface area contributed by atoms with Gasteiger partial charge in [-0.1, -0.05) is 32.0 Å². The maximum absolute atomic E-state index is 11.6. The van der Waals surface area contributed by atoms with E-state index in [-0.39, 0.29) is 5.63 Å². The van der Waals surface area contributed by atoms with Crippen molar-refractivity contribution in [1.82, 2.24) is 0 Å². The maximum atomic E-state index is 11.6. The molecular formula is C21H22N2O2S. The number of hydrogen-bond donors (Lipinski definition) is 2. The number of aryl methyl sites for hydroxylation is 3. The minimum Gasteiger partial charge on any atom is -0.423 e. The van der Waals surface area contributed by atoms with Crippen molar-refractivity contribution in [3.8, 4) is 0 Å². The summed E-state index contributed by atoms with van der Waals surface area (Å²) < 4.78 is 5.30. The molecule has 5 heteroatoms. The number of benzene rings is 2. The summed E-state index contributed by atoms with van der Waals surface area (Å²) >= 11 is 5.49. The molecule has 0 aliphatic rings. The smallest absolute Gasteiger partial charge is 0.336 e. The summed E-state index contributed by atoms with van der Waals surface area (Å²) in [4.78, 5) is 11.6. The molecule has 0 aliphatic heterocycles. The average Bonchev–Trinajstić information content (AvgIpc) is 2.61. The summed E-state index contributed by atoms with van der Waals surface area (Å²) in [5.41, 5.74) is 5.40. The number of rotatable bonds is 4. The van der Waals surface area contributed by atoms with Crippen LogP contribution in [0.4, 0.5) is 11.4 Å². The zero-order valence-corrected chi connectivity index (χ0v) is 16.0. The van der Waals surface area contributed by atoms with Crippen LogP contribution in [0.15, 0.2) is 51.7 Å². The van der Waals surface area contributed by atoms with Crippen LogP contribution in [0.2, 0.25) is 0 Å². The molecule has 0 radical (unpaired) electrons. The second-order valence-electron chi connectivity index (χ2n) is 6.20. The van der Waals surface area contributed by atoms with Crippen molar-refractivity contribution in [3.05, 3.63) is 69.6 Å². The highest BCUT2D eigenvalue weighted by atomic mass is 32.1. The fourth-order valence-corrected chi connectivity index (χ4v) is 3.30. The molecule has 0 aliphatic carbocycles. The van der Waals surface area contributed by atoms with Gasteiger partial charge in [0.1, 0.15) is 5.58 Å². The third-order valence-electron chi connectivity index (χ3n) is 4.45. The predicted octanol–water partition coefficient (Wildman–Crippen LogP) is 5.04. The largest absolute Gasteiger partial charge is 0.423 e. The molecule has 3 rings (SSSR count). The van der Waals surface area contributed by atoms with Gasteiger partial charge in [-0.2, -0.15) is 0 Å². The van der Waals surface area contributed by atoms with E-state index in [1.165, 1.54) is 17.2 Å². The van der Waals surface area contributed by atoms with Gasteiger partial charge in [-0.15, -0.1) is 0 Å². The Hall–Kier alpha value is -2.66. The van der Waals surface area contributed by atoms with Gasteiger partial charge in [-0.05, 0) is 60.8 Å². The Bertz CT molecular complexity index is 1000. The molecule has 2 aromatic carbocycles. The lowest BCUT2D eigenvalue weighted by molar-refractivity contribution is 0.560. The van der Waals surface area contributed by atoms with E-state index in [1.807, 2.05) is 19.1 Å². The van der Waals surface area contributed by atoms with Gasteiger partial charge in [0.05, 0.1) is 0 Å². The summed E-state index contributed by atoms with van der Waals surface area (Å²) in [6.07, 6.45) is 1.86. The summed E-state index contributed by atoms with van der Waals surface area (Å²) in [7, 11) is 0. The van der Waals surface area contributed by atoms with Gasteiger partial charge in [0.2, 0.25) is 0 Å². The minimum atomic E-state index is -0.350. The molecule has 0 atom stereocenters. The first-order valence-electron chi connectivity index (χ1n) is 8.75. The van der Waals surface area contributed by atoms with Crippen LogP contribution >= 0.6 is 12.2 Å². The van der Waals surface area contributed by atoms with E-state index in [9.17, 15) is 4.79 Å². The van der Waals surface area contributed by atoms with Crippen LogP contribution in [0.1, 0.15) is 30.5 Å². The van der Waals surface area contributed by atoms with Crippen LogP contribution in [0.5, 0.6) is 0 Å². The van der Waals surface area contributed by atoms with Crippen molar-refractivity contribution in [3.63, 3.8) is 0 Å². The van der Waals surface area contributed by atoms with Crippen molar-refractivity contribution in [2.24, 2.45) is 0 Å². The number of nitrogens with one attached hydrogen (secondary N) is 2. The molecular weight excluding hydrogens is 344 g/mol. The van der Waals surface area contributed by atoms with Crippen LogP contribution in [0, 0.1) is 6.92 Å². The number of anilines is 2. The molecule has 0 spiro atoms. The highest BCUT2D eigenvalue weighted by Crippen LogP contribution is 2.24. The Morgan fingerprint density at radius 3 is 2.38 bits per heavy atom. The second kappa shape index (κ2) is 7.70. The van der Waals surface area contributed by atoms with Crippen molar-refractivity contribution in [2.45, 2.75) is 33.6 Å². The molecule has 0 fully saturated rings. The molecule has 0 unspecified atom stereocenters. The molecule has 2 N–H and O–H groups in total. The fourth-order valence-electron chi connectivity index (χ4n) is 3.08. The summed E-state index contributed by atoms with van der Waals surface area (Å²) in [5.74, 6) is 0. The highest BCUT2D eigenvalue weighted by Gasteiger charge is 2.09. The fraction of sp³-hybridized carbons (Fsp3) is 0.238. The van der Waals surface area contributed by atoms with E-state index >= 15 is 0 Å². The van der Waals surface area contributed by atoms with Gasteiger partial charge < -0.3 is 15.1 Å². The van der Waals surface area contributed by atoms with E-state index in [1.54, 1.807) is 6.07 Å². The number of para-hydroxylation sites is 1. The lowest BCUT2D eigenvalue weighted by Gasteiger charge is -2.17. The lowest BCUT2D eigenvalue weighted by Crippen LogP contribution is -2.21. The number of thiocarbonyl (C=S) groups is 1. The predicted molar refractivity (Wildman–Crippen MR) is 112 cm³/mol. The van der Waals surface area contributed by atoms with Crippen LogP contribution in [0.25, 0.3) is 11.0 Å². The third-order valence-corrected chi connectivity index (χ3v) is 4.65. The number of hydrogen-bond acceptors (Lipinski definition) is 3. The van der Waals surface area contributed by atoms with Crippen molar-refractivity contribution in [2.75, 3.05) is 10.6 Å². The Kier molecular flexibility index (Phi) is 5.38. The Labute approximate surface area is 158 Å². The van der Waals surface area contributed by atoms with Crippen molar-refractivity contribution in [1.29, 1.82) is 0 Å². The molecule has 0 bridgehead atoms. The van der Waals surface area contributed by atoms with Crippen LogP contribution in [-0.4, -0.2) is 5.11 Å². The maximum Gasteiger partial charge on any atom is 0.336 e. The summed E-state index contributed by atoms with van der Waals surface area (Å²) in [6, 6.07) is 13.4. The molecule has 134 valence electrons. The van der Waals surface area contributed by atoms with Crippen LogP contribution in [0.3, 0.4) is 0 Å². The number of fused-ring (bicyclic) bond motifs is 1. The van der Waals surface area contributed by atoms with Gasteiger partial charge in [0, 0.05) is 28.9 Å². The normalized spacial score (nSPS) is 10.7. The lowest BCUT2D eigenvalue weighted by atomic mass is 10.0. The zero-order chi connectivity index (χ0) is 18.7. The van der Waals surface area contributed by atoms with Crippen molar-refractivity contribution < 1.29 is 4.42 Å². The molecule has 4 nitrogen and oxygen atoms in total. The van der Waals surface area contributed by atoms with Crippen molar-refractivity contribution >= 4 is 39.7 Å². The molecule has 26 heavy (non-hydrogen) atoms. The molecule has 0 saturated carbocycles. The monoisotopic (exact) mass is 366 g/mol. The topological polar surface area (TPSA) is 54.3 Å². The Morgan fingerprint density at radius 2 is 1.73 bits per heavy atom. The van der Waals surface area contributed by atoms with E-state index < -0.39 is 0 Å². The summed E-state index contributed by atoms with van der Waals surface area (Å²) in [6.45, 7) is 6.15. The van der Waals surface area contributed by atoms with E-state index in [0.29, 0.717) is 10.7 Å². The van der Waals surface area contributed by atoms with Gasteiger partial charge in [-0.3, -0.25) is 0 Å². The van der Waals surface area contributed by atoms with Gasteiger partial charge in [0.25, 0.3) is 0 Å². The van der Waals surface area contributed by atoms with E-state index in [4.69, 9.17) is 16.6 Å². The van der Waals surface area contributed by atoms with Crippen LogP contribution in [-0.2, 0) is 12.8 Å².